The second-order valence-corrected chi connectivity index (χ2v) is 6.33. The second-order valence-electron chi connectivity index (χ2n) is 6.33. The van der Waals surface area contributed by atoms with Crippen LogP contribution < -0.4 is 16.0 Å². The largest absolute Gasteiger partial charge is 0.356 e. The Morgan fingerprint density at radius 2 is 1.72 bits per heavy atom. The van der Waals surface area contributed by atoms with Crippen LogP contribution in [0.3, 0.4) is 0 Å². The van der Waals surface area contributed by atoms with Gasteiger partial charge in [0.25, 0.3) is 0 Å². The molecule has 1 amide bonds. The Kier molecular flexibility index (Phi) is 14.2. The van der Waals surface area contributed by atoms with E-state index in [-0.39, 0.29) is 29.9 Å². The van der Waals surface area contributed by atoms with Crippen molar-refractivity contribution >= 4 is 35.8 Å². The first-order chi connectivity index (χ1) is 11.6. The minimum atomic E-state index is 0. The summed E-state index contributed by atoms with van der Waals surface area (Å²) >= 11 is 0. The van der Waals surface area contributed by atoms with Crippen LogP contribution in [0.15, 0.2) is 35.3 Å². The van der Waals surface area contributed by atoms with Gasteiger partial charge in [-0.05, 0) is 17.9 Å². The van der Waals surface area contributed by atoms with E-state index in [2.05, 4.69) is 34.8 Å². The molecular weight excluding hydrogens is 427 g/mol. The molecule has 0 saturated heterocycles. The molecule has 0 aliphatic carbocycles. The van der Waals surface area contributed by atoms with Gasteiger partial charge in [-0.1, -0.05) is 57.0 Å². The molecule has 1 rings (SSSR count). The van der Waals surface area contributed by atoms with E-state index >= 15 is 0 Å². The van der Waals surface area contributed by atoms with Crippen molar-refractivity contribution in [3.05, 3.63) is 35.9 Å². The van der Waals surface area contributed by atoms with Crippen LogP contribution in [0, 0.1) is 5.92 Å². The molecule has 0 radical (unpaired) electrons. The van der Waals surface area contributed by atoms with Crippen molar-refractivity contribution in [1.29, 1.82) is 0 Å². The molecule has 0 saturated carbocycles. The monoisotopic (exact) mass is 460 g/mol. The predicted octanol–water partition coefficient (Wildman–Crippen LogP) is 3.30. The highest BCUT2D eigenvalue weighted by molar-refractivity contribution is 14.0. The number of benzene rings is 1. The minimum absolute atomic E-state index is 0. The number of hydrogen-bond acceptors (Lipinski definition) is 2. The van der Waals surface area contributed by atoms with E-state index in [1.165, 1.54) is 12.8 Å². The molecule has 6 heteroatoms. The van der Waals surface area contributed by atoms with Gasteiger partial charge in [0, 0.05) is 33.1 Å². The fourth-order valence-electron chi connectivity index (χ4n) is 2.28. The Bertz CT molecular complexity index is 491. The maximum atomic E-state index is 11.8. The molecule has 142 valence electrons. The average Bonchev–Trinajstić information content (AvgIpc) is 2.58. The third-order valence-corrected chi connectivity index (χ3v) is 3.70. The summed E-state index contributed by atoms with van der Waals surface area (Å²) < 4.78 is 0. The van der Waals surface area contributed by atoms with Gasteiger partial charge in [-0.15, -0.1) is 24.0 Å². The van der Waals surface area contributed by atoms with E-state index in [4.69, 9.17) is 0 Å². The van der Waals surface area contributed by atoms with Crippen molar-refractivity contribution in [3.8, 4) is 0 Å². The number of aliphatic imine (C=N–C) groups is 1. The average molecular weight is 460 g/mol. The van der Waals surface area contributed by atoms with Crippen molar-refractivity contribution < 1.29 is 4.79 Å². The van der Waals surface area contributed by atoms with Gasteiger partial charge in [0.05, 0.1) is 0 Å². The van der Waals surface area contributed by atoms with E-state index in [0.717, 1.165) is 30.4 Å². The van der Waals surface area contributed by atoms with Gasteiger partial charge in [-0.2, -0.15) is 0 Å². The number of rotatable bonds is 10. The van der Waals surface area contributed by atoms with E-state index < -0.39 is 0 Å². The van der Waals surface area contributed by atoms with Crippen LogP contribution in [0.1, 0.15) is 45.1 Å². The summed E-state index contributed by atoms with van der Waals surface area (Å²) in [5, 5.41) is 9.38. The molecular formula is C19H33IN4O. The lowest BCUT2D eigenvalue weighted by Gasteiger charge is -2.12. The first-order valence-electron chi connectivity index (χ1n) is 8.87. The van der Waals surface area contributed by atoms with Gasteiger partial charge < -0.3 is 16.0 Å². The number of halogens is 1. The molecule has 0 heterocycles. The smallest absolute Gasteiger partial charge is 0.222 e. The van der Waals surface area contributed by atoms with E-state index in [1.54, 1.807) is 7.05 Å². The zero-order chi connectivity index (χ0) is 17.6. The summed E-state index contributed by atoms with van der Waals surface area (Å²) in [6.45, 7) is 6.55. The van der Waals surface area contributed by atoms with Crippen molar-refractivity contribution in [3.63, 3.8) is 0 Å². The highest BCUT2D eigenvalue weighted by Gasteiger charge is 2.03. The quantitative estimate of drug-likeness (QED) is 0.217. The first-order valence-corrected chi connectivity index (χ1v) is 8.87. The Balaban J connectivity index is 0.00000576. The lowest BCUT2D eigenvalue weighted by atomic mass is 10.1. The molecule has 0 fully saturated rings. The van der Waals surface area contributed by atoms with E-state index in [1.807, 2.05) is 30.3 Å². The number of unbranched alkanes of at least 4 members (excludes halogenated alkanes) is 1. The van der Waals surface area contributed by atoms with Crippen molar-refractivity contribution in [2.45, 2.75) is 46.1 Å². The lowest BCUT2D eigenvalue weighted by molar-refractivity contribution is -0.121. The maximum absolute atomic E-state index is 11.8. The topological polar surface area (TPSA) is 65.5 Å². The highest BCUT2D eigenvalue weighted by atomic mass is 127. The molecule has 0 bridgehead atoms. The molecule has 0 aliphatic rings. The summed E-state index contributed by atoms with van der Waals surface area (Å²) in [4.78, 5) is 16.0. The molecule has 0 spiro atoms. The number of amides is 1. The van der Waals surface area contributed by atoms with Gasteiger partial charge in [0.15, 0.2) is 5.96 Å². The van der Waals surface area contributed by atoms with Gasteiger partial charge in [0.2, 0.25) is 5.91 Å². The van der Waals surface area contributed by atoms with Gasteiger partial charge >= 0.3 is 0 Å². The van der Waals surface area contributed by atoms with Crippen LogP contribution in [0.2, 0.25) is 0 Å². The van der Waals surface area contributed by atoms with E-state index in [9.17, 15) is 4.79 Å². The van der Waals surface area contributed by atoms with Gasteiger partial charge in [-0.25, -0.2) is 0 Å². The predicted molar refractivity (Wildman–Crippen MR) is 116 cm³/mol. The van der Waals surface area contributed by atoms with Crippen molar-refractivity contribution in [2.24, 2.45) is 10.9 Å². The van der Waals surface area contributed by atoms with Crippen molar-refractivity contribution in [2.75, 3.05) is 20.1 Å². The Morgan fingerprint density at radius 3 is 2.36 bits per heavy atom. The fourth-order valence-corrected chi connectivity index (χ4v) is 2.28. The highest BCUT2D eigenvalue weighted by Crippen LogP contribution is 2.04. The third kappa shape index (κ3) is 12.7. The summed E-state index contributed by atoms with van der Waals surface area (Å²) in [5.41, 5.74) is 1.11. The van der Waals surface area contributed by atoms with Crippen molar-refractivity contribution in [1.82, 2.24) is 16.0 Å². The molecule has 0 unspecified atom stereocenters. The molecule has 0 aliphatic heterocycles. The summed E-state index contributed by atoms with van der Waals surface area (Å²) in [5.74, 6) is 1.56. The lowest BCUT2D eigenvalue weighted by Crippen LogP contribution is -2.39. The van der Waals surface area contributed by atoms with Crippen LogP contribution in [0.5, 0.6) is 0 Å². The molecule has 5 nitrogen and oxygen atoms in total. The number of carbonyl (C=O) groups is 1. The SMILES string of the molecule is CN=C(NCCCCC(C)C)NCCC(=O)NCc1ccccc1.I. The van der Waals surface area contributed by atoms with Crippen LogP contribution in [-0.2, 0) is 11.3 Å². The van der Waals surface area contributed by atoms with E-state index in [0.29, 0.717) is 19.5 Å². The Labute approximate surface area is 169 Å². The third-order valence-electron chi connectivity index (χ3n) is 3.70. The molecule has 3 N–H and O–H groups in total. The molecule has 0 atom stereocenters. The molecule has 0 aromatic heterocycles. The first kappa shape index (κ1) is 23.7. The Morgan fingerprint density at radius 1 is 1.04 bits per heavy atom. The number of nitrogens with one attached hydrogen (secondary N) is 3. The molecule has 1 aromatic carbocycles. The summed E-state index contributed by atoms with van der Waals surface area (Å²) in [7, 11) is 1.75. The number of carbonyl (C=O) groups excluding carboxylic acids is 1. The number of nitrogens with zero attached hydrogens (tertiary/aromatic N) is 1. The molecule has 25 heavy (non-hydrogen) atoms. The standard InChI is InChI=1S/C19H32N4O.HI/c1-16(2)9-7-8-13-21-19(20-3)22-14-12-18(24)23-15-17-10-5-4-6-11-17;/h4-6,10-11,16H,7-9,12-15H2,1-3H3,(H,23,24)(H2,20,21,22);1H. The van der Waals surface area contributed by atoms with Crippen LogP contribution in [0.25, 0.3) is 0 Å². The number of guanidine groups is 1. The maximum Gasteiger partial charge on any atom is 0.222 e. The Hall–Kier alpha value is -1.31. The van der Waals surface area contributed by atoms with Gasteiger partial charge in [-0.3, -0.25) is 9.79 Å². The molecule has 1 aromatic rings. The van der Waals surface area contributed by atoms with Crippen LogP contribution in [-0.4, -0.2) is 32.0 Å². The van der Waals surface area contributed by atoms with Crippen LogP contribution >= 0.6 is 24.0 Å². The summed E-state index contributed by atoms with van der Waals surface area (Å²) in [6, 6.07) is 9.92. The zero-order valence-electron chi connectivity index (χ0n) is 15.7. The number of hydrogen-bond donors (Lipinski definition) is 3. The minimum Gasteiger partial charge on any atom is -0.356 e. The summed E-state index contributed by atoms with van der Waals surface area (Å²) in [6.07, 6.45) is 4.05. The normalized spacial score (nSPS) is 11.0. The van der Waals surface area contributed by atoms with Crippen LogP contribution in [0.4, 0.5) is 0 Å². The fraction of sp³-hybridized carbons (Fsp3) is 0.579. The van der Waals surface area contributed by atoms with Gasteiger partial charge in [0.1, 0.15) is 0 Å². The second kappa shape index (κ2) is 15.0. The zero-order valence-corrected chi connectivity index (χ0v) is 18.0.